The molecule has 4 atom stereocenters. The van der Waals surface area contributed by atoms with Gasteiger partial charge in [-0.1, -0.05) is 13.8 Å². The topological polar surface area (TPSA) is 24.1 Å². The third kappa shape index (κ3) is 1.24. The zero-order chi connectivity index (χ0) is 9.76. The maximum atomic E-state index is 3.77. The lowest BCUT2D eigenvalue weighted by Gasteiger charge is -2.47. The first-order valence-electron chi connectivity index (χ1n) is 6.13. The molecule has 2 heterocycles. The largest absolute Gasteiger partial charge is 0.313 e. The van der Waals surface area contributed by atoms with E-state index in [9.17, 15) is 0 Å². The molecule has 2 saturated carbocycles. The average Bonchev–Trinajstić information content (AvgIpc) is 2.71. The molecular formula is C12H22N2. The summed E-state index contributed by atoms with van der Waals surface area (Å²) in [5.41, 5.74) is 0.566. The lowest BCUT2D eigenvalue weighted by atomic mass is 9.66. The zero-order valence-electron chi connectivity index (χ0n) is 9.34. The summed E-state index contributed by atoms with van der Waals surface area (Å²) in [4.78, 5) is 0. The predicted molar refractivity (Wildman–Crippen MR) is 58.2 cm³/mol. The predicted octanol–water partition coefficient (Wildman–Crippen LogP) is 1.37. The highest BCUT2D eigenvalue weighted by molar-refractivity contribution is 5.04. The highest BCUT2D eigenvalue weighted by Crippen LogP contribution is 2.42. The number of fused-ring (bicyclic) bond motifs is 1. The number of hydrogen-bond acceptors (Lipinski definition) is 2. The van der Waals surface area contributed by atoms with Crippen molar-refractivity contribution in [3.63, 3.8) is 0 Å². The van der Waals surface area contributed by atoms with E-state index in [1.54, 1.807) is 0 Å². The smallest absolute Gasteiger partial charge is 0.0119 e. The van der Waals surface area contributed by atoms with Gasteiger partial charge in [-0.2, -0.15) is 0 Å². The van der Waals surface area contributed by atoms with E-state index in [-0.39, 0.29) is 0 Å². The summed E-state index contributed by atoms with van der Waals surface area (Å²) < 4.78 is 0. The molecule has 2 N–H and O–H groups in total. The minimum absolute atomic E-state index is 0.566. The van der Waals surface area contributed by atoms with Crippen LogP contribution in [0.15, 0.2) is 0 Å². The SMILES string of the molecule is CC1(C)CCC1NCC1C2CNC1C2. The van der Waals surface area contributed by atoms with Crippen LogP contribution in [0.2, 0.25) is 0 Å². The summed E-state index contributed by atoms with van der Waals surface area (Å²) in [5.74, 6) is 1.95. The van der Waals surface area contributed by atoms with E-state index >= 15 is 0 Å². The molecule has 0 radical (unpaired) electrons. The van der Waals surface area contributed by atoms with E-state index in [4.69, 9.17) is 0 Å². The molecule has 4 fully saturated rings. The summed E-state index contributed by atoms with van der Waals surface area (Å²) in [5, 5.41) is 7.36. The molecule has 4 rings (SSSR count). The van der Waals surface area contributed by atoms with Crippen LogP contribution in [0.1, 0.15) is 33.1 Å². The second-order valence-electron chi connectivity index (χ2n) is 6.16. The normalized spacial score (nSPS) is 48.4. The molecule has 14 heavy (non-hydrogen) atoms. The summed E-state index contributed by atoms with van der Waals surface area (Å²) in [6.07, 6.45) is 4.24. The lowest BCUT2D eigenvalue weighted by Crippen LogP contribution is -2.54. The van der Waals surface area contributed by atoms with Crippen molar-refractivity contribution in [3.8, 4) is 0 Å². The van der Waals surface area contributed by atoms with Crippen LogP contribution < -0.4 is 10.6 Å². The Balaban J connectivity index is 1.47. The van der Waals surface area contributed by atoms with Crippen molar-refractivity contribution < 1.29 is 0 Å². The van der Waals surface area contributed by atoms with Crippen LogP contribution in [-0.2, 0) is 0 Å². The summed E-state index contributed by atoms with van der Waals surface area (Å²) in [6, 6.07) is 1.65. The Bertz CT molecular complexity index is 220. The maximum absolute atomic E-state index is 3.77. The van der Waals surface area contributed by atoms with Crippen molar-refractivity contribution in [2.24, 2.45) is 17.3 Å². The fourth-order valence-corrected chi connectivity index (χ4v) is 3.41. The van der Waals surface area contributed by atoms with Crippen LogP contribution in [0, 0.1) is 17.3 Å². The standard InChI is InChI=1S/C12H22N2/c1-12(2)4-3-11(12)14-7-9-8-5-10(9)13-6-8/h8-11,13-14H,3-7H2,1-2H3. The van der Waals surface area contributed by atoms with E-state index in [0.717, 1.165) is 23.9 Å². The molecule has 4 aliphatic rings. The van der Waals surface area contributed by atoms with Gasteiger partial charge in [0.15, 0.2) is 0 Å². The number of hydrogen-bond donors (Lipinski definition) is 2. The van der Waals surface area contributed by atoms with Crippen molar-refractivity contribution >= 4 is 0 Å². The molecule has 2 aliphatic heterocycles. The Hall–Kier alpha value is -0.0800. The molecule has 2 saturated heterocycles. The van der Waals surface area contributed by atoms with Crippen LogP contribution in [0.25, 0.3) is 0 Å². The second kappa shape index (κ2) is 2.96. The molecule has 0 amide bonds. The molecule has 80 valence electrons. The van der Waals surface area contributed by atoms with Gasteiger partial charge in [0.1, 0.15) is 0 Å². The van der Waals surface area contributed by atoms with Gasteiger partial charge in [-0.25, -0.2) is 0 Å². The van der Waals surface area contributed by atoms with Crippen molar-refractivity contribution in [2.75, 3.05) is 13.1 Å². The van der Waals surface area contributed by atoms with Gasteiger partial charge in [0.05, 0.1) is 0 Å². The monoisotopic (exact) mass is 194 g/mol. The van der Waals surface area contributed by atoms with Crippen LogP contribution in [0.3, 0.4) is 0 Å². The first-order valence-corrected chi connectivity index (χ1v) is 6.13. The summed E-state index contributed by atoms with van der Waals surface area (Å²) in [6.45, 7) is 7.32. The van der Waals surface area contributed by atoms with Gasteiger partial charge in [0, 0.05) is 18.6 Å². The first-order chi connectivity index (χ1) is 6.67. The molecule has 2 heteroatoms. The van der Waals surface area contributed by atoms with Crippen LogP contribution in [-0.4, -0.2) is 25.2 Å². The molecule has 0 spiro atoms. The second-order valence-corrected chi connectivity index (χ2v) is 6.16. The lowest BCUT2D eigenvalue weighted by molar-refractivity contribution is 0.0913. The Morgan fingerprint density at radius 1 is 1.43 bits per heavy atom. The Kier molecular flexibility index (Phi) is 1.94. The van der Waals surface area contributed by atoms with Crippen LogP contribution >= 0.6 is 0 Å². The molecule has 0 aromatic rings. The van der Waals surface area contributed by atoms with Crippen LogP contribution in [0.4, 0.5) is 0 Å². The van der Waals surface area contributed by atoms with Crippen molar-refractivity contribution in [3.05, 3.63) is 0 Å². The Morgan fingerprint density at radius 2 is 2.29 bits per heavy atom. The quantitative estimate of drug-likeness (QED) is 0.709. The van der Waals surface area contributed by atoms with Crippen LogP contribution in [0.5, 0.6) is 0 Å². The van der Waals surface area contributed by atoms with Gasteiger partial charge in [-0.05, 0) is 43.1 Å². The maximum Gasteiger partial charge on any atom is 0.0119 e. The van der Waals surface area contributed by atoms with Gasteiger partial charge >= 0.3 is 0 Å². The minimum Gasteiger partial charge on any atom is -0.313 e. The number of nitrogens with one attached hydrogen (secondary N) is 2. The van der Waals surface area contributed by atoms with E-state index in [1.807, 2.05) is 0 Å². The highest BCUT2D eigenvalue weighted by Gasteiger charge is 2.47. The van der Waals surface area contributed by atoms with E-state index in [1.165, 1.54) is 32.4 Å². The minimum atomic E-state index is 0.566. The molecule has 0 aromatic carbocycles. The molecule has 4 unspecified atom stereocenters. The highest BCUT2D eigenvalue weighted by atomic mass is 15.1. The van der Waals surface area contributed by atoms with E-state index in [2.05, 4.69) is 24.5 Å². The molecular weight excluding hydrogens is 172 g/mol. The van der Waals surface area contributed by atoms with Gasteiger partial charge in [0.25, 0.3) is 0 Å². The van der Waals surface area contributed by atoms with Crippen molar-refractivity contribution in [1.29, 1.82) is 0 Å². The first kappa shape index (κ1) is 9.17. The summed E-state index contributed by atoms with van der Waals surface area (Å²) >= 11 is 0. The van der Waals surface area contributed by atoms with Gasteiger partial charge in [0.2, 0.25) is 0 Å². The van der Waals surface area contributed by atoms with Gasteiger partial charge in [-0.15, -0.1) is 0 Å². The zero-order valence-corrected chi connectivity index (χ0v) is 9.34. The summed E-state index contributed by atoms with van der Waals surface area (Å²) in [7, 11) is 0. The molecule has 2 bridgehead atoms. The van der Waals surface area contributed by atoms with Crippen molar-refractivity contribution in [1.82, 2.24) is 10.6 Å². The fourth-order valence-electron chi connectivity index (χ4n) is 3.41. The third-order valence-corrected chi connectivity index (χ3v) is 4.94. The molecule has 0 aromatic heterocycles. The number of rotatable bonds is 3. The molecule has 2 nitrogen and oxygen atoms in total. The Labute approximate surface area is 86.8 Å². The van der Waals surface area contributed by atoms with E-state index in [0.29, 0.717) is 5.41 Å². The molecule has 2 aliphatic carbocycles. The van der Waals surface area contributed by atoms with E-state index < -0.39 is 0 Å². The van der Waals surface area contributed by atoms with Gasteiger partial charge in [-0.3, -0.25) is 0 Å². The fraction of sp³-hybridized carbons (Fsp3) is 1.00. The average molecular weight is 194 g/mol. The van der Waals surface area contributed by atoms with Crippen molar-refractivity contribution in [2.45, 2.75) is 45.2 Å². The Morgan fingerprint density at radius 3 is 2.71 bits per heavy atom. The third-order valence-electron chi connectivity index (χ3n) is 4.94. The van der Waals surface area contributed by atoms with Gasteiger partial charge < -0.3 is 10.6 Å².